The van der Waals surface area contributed by atoms with E-state index < -0.39 is 5.97 Å². The molecular formula is C12H15BrN2O2. The van der Waals surface area contributed by atoms with Crippen LogP contribution in [0.15, 0.2) is 10.7 Å². The fourth-order valence-corrected chi connectivity index (χ4v) is 2.63. The minimum atomic E-state index is -1.01. The van der Waals surface area contributed by atoms with Crippen molar-refractivity contribution in [2.75, 3.05) is 0 Å². The van der Waals surface area contributed by atoms with Crippen LogP contribution in [0.3, 0.4) is 0 Å². The van der Waals surface area contributed by atoms with Gasteiger partial charge in [0.15, 0.2) is 5.69 Å². The third-order valence-electron chi connectivity index (χ3n) is 3.19. The lowest BCUT2D eigenvalue weighted by molar-refractivity contribution is 0.0688. The zero-order valence-electron chi connectivity index (χ0n) is 9.53. The maximum absolute atomic E-state index is 11.0. The average Bonchev–Trinajstić information content (AvgIpc) is 2.58. The number of carboxylic acids is 1. The highest BCUT2D eigenvalue weighted by atomic mass is 79.9. The predicted molar refractivity (Wildman–Crippen MR) is 67.1 cm³/mol. The fraction of sp³-hybridized carbons (Fsp3) is 0.583. The van der Waals surface area contributed by atoms with E-state index >= 15 is 0 Å². The summed E-state index contributed by atoms with van der Waals surface area (Å²) >= 11 is 3.16. The molecule has 1 aliphatic rings. The number of halogens is 1. The van der Waals surface area contributed by atoms with Gasteiger partial charge in [0.25, 0.3) is 0 Å². The Labute approximate surface area is 109 Å². The van der Waals surface area contributed by atoms with Gasteiger partial charge in [-0.1, -0.05) is 25.7 Å². The number of hydrogen-bond donors (Lipinski definition) is 1. The molecule has 0 atom stereocenters. The smallest absolute Gasteiger partial charge is 0.355 e. The third-order valence-corrected chi connectivity index (χ3v) is 3.77. The molecule has 0 unspecified atom stereocenters. The summed E-state index contributed by atoms with van der Waals surface area (Å²) in [4.78, 5) is 19.4. The van der Waals surface area contributed by atoms with E-state index in [1.165, 1.54) is 25.7 Å². The van der Waals surface area contributed by atoms with E-state index in [9.17, 15) is 4.79 Å². The second-order valence-corrected chi connectivity index (χ2v) is 5.27. The lowest BCUT2D eigenvalue weighted by Gasteiger charge is -2.12. The Hall–Kier alpha value is -0.970. The summed E-state index contributed by atoms with van der Waals surface area (Å²) in [6, 6.07) is 0. The second-order valence-electron chi connectivity index (χ2n) is 4.42. The maximum atomic E-state index is 11.0. The van der Waals surface area contributed by atoms with Crippen LogP contribution >= 0.6 is 15.9 Å². The van der Waals surface area contributed by atoms with Crippen LogP contribution in [-0.2, 0) is 0 Å². The van der Waals surface area contributed by atoms with Crippen molar-refractivity contribution < 1.29 is 9.90 Å². The molecule has 1 aliphatic carbocycles. The Morgan fingerprint density at radius 2 is 1.94 bits per heavy atom. The van der Waals surface area contributed by atoms with Gasteiger partial charge in [-0.3, -0.25) is 0 Å². The molecule has 1 aromatic rings. The van der Waals surface area contributed by atoms with Crippen molar-refractivity contribution in [1.29, 1.82) is 0 Å². The van der Waals surface area contributed by atoms with Crippen molar-refractivity contribution in [2.45, 2.75) is 44.4 Å². The first kappa shape index (κ1) is 12.5. The number of hydrogen-bond acceptors (Lipinski definition) is 3. The van der Waals surface area contributed by atoms with Crippen LogP contribution in [0.25, 0.3) is 0 Å². The van der Waals surface area contributed by atoms with Gasteiger partial charge in [-0.25, -0.2) is 14.8 Å². The highest BCUT2D eigenvalue weighted by Crippen LogP contribution is 2.30. The Bertz CT molecular complexity index is 415. The molecule has 2 rings (SSSR count). The minimum absolute atomic E-state index is 0.0687. The molecule has 1 aromatic heterocycles. The van der Waals surface area contributed by atoms with E-state index in [4.69, 9.17) is 5.11 Å². The molecule has 0 aromatic carbocycles. The Morgan fingerprint density at radius 3 is 2.53 bits per heavy atom. The summed E-state index contributed by atoms with van der Waals surface area (Å²) in [5, 5.41) is 9.02. The van der Waals surface area contributed by atoms with Gasteiger partial charge in [-0.2, -0.15) is 0 Å². The van der Waals surface area contributed by atoms with Gasteiger partial charge in [0.2, 0.25) is 0 Å². The second kappa shape index (κ2) is 5.58. The quantitative estimate of drug-likeness (QED) is 0.850. The molecule has 1 heterocycles. The first-order valence-corrected chi connectivity index (χ1v) is 6.73. The number of carboxylic acid groups (broad SMARTS) is 1. The lowest BCUT2D eigenvalue weighted by Crippen LogP contribution is -2.10. The molecule has 5 heteroatoms. The molecule has 4 nitrogen and oxygen atoms in total. The molecule has 1 fully saturated rings. The van der Waals surface area contributed by atoms with Crippen LogP contribution in [0.5, 0.6) is 0 Å². The van der Waals surface area contributed by atoms with E-state index in [-0.39, 0.29) is 5.69 Å². The molecule has 1 N–H and O–H groups in total. The number of aromatic nitrogens is 2. The van der Waals surface area contributed by atoms with Gasteiger partial charge in [-0.05, 0) is 28.8 Å². The lowest BCUT2D eigenvalue weighted by atomic mass is 9.99. The van der Waals surface area contributed by atoms with Crippen molar-refractivity contribution in [3.05, 3.63) is 22.2 Å². The van der Waals surface area contributed by atoms with Crippen molar-refractivity contribution >= 4 is 21.9 Å². The molecular weight excluding hydrogens is 284 g/mol. The topological polar surface area (TPSA) is 63.1 Å². The van der Waals surface area contributed by atoms with Gasteiger partial charge in [-0.15, -0.1) is 0 Å². The number of carbonyl (C=O) groups is 1. The Kier molecular flexibility index (Phi) is 4.10. The minimum Gasteiger partial charge on any atom is -0.476 e. The Balaban J connectivity index is 2.25. The third kappa shape index (κ3) is 3.03. The molecule has 1 saturated carbocycles. The monoisotopic (exact) mass is 298 g/mol. The summed E-state index contributed by atoms with van der Waals surface area (Å²) in [7, 11) is 0. The average molecular weight is 299 g/mol. The highest BCUT2D eigenvalue weighted by Gasteiger charge is 2.20. The first-order valence-electron chi connectivity index (χ1n) is 5.94. The molecule has 0 saturated heterocycles. The zero-order chi connectivity index (χ0) is 12.3. The molecule has 0 aliphatic heterocycles. The van der Waals surface area contributed by atoms with E-state index in [1.807, 2.05) is 0 Å². The van der Waals surface area contributed by atoms with Crippen molar-refractivity contribution in [1.82, 2.24) is 9.97 Å². The van der Waals surface area contributed by atoms with E-state index in [0.717, 1.165) is 12.8 Å². The summed E-state index contributed by atoms with van der Waals surface area (Å²) in [6.07, 6.45) is 8.59. The number of aromatic carboxylic acids is 1. The largest absolute Gasteiger partial charge is 0.476 e. The van der Waals surface area contributed by atoms with Gasteiger partial charge in [0.05, 0.1) is 4.47 Å². The fourth-order valence-electron chi connectivity index (χ4n) is 2.27. The van der Waals surface area contributed by atoms with Crippen LogP contribution in [0.1, 0.15) is 60.8 Å². The maximum Gasteiger partial charge on any atom is 0.355 e. The number of nitrogens with zero attached hydrogens (tertiary/aromatic N) is 2. The van der Waals surface area contributed by atoms with E-state index in [0.29, 0.717) is 16.2 Å². The molecule has 0 bridgehead atoms. The Morgan fingerprint density at radius 1 is 1.29 bits per heavy atom. The highest BCUT2D eigenvalue weighted by molar-refractivity contribution is 9.10. The van der Waals surface area contributed by atoms with Gasteiger partial charge >= 0.3 is 5.97 Å². The molecule has 0 amide bonds. The SMILES string of the molecule is O=C(O)c1nc(C2CCCCCC2)ncc1Br. The summed E-state index contributed by atoms with van der Waals surface area (Å²) in [5.41, 5.74) is 0.0687. The summed E-state index contributed by atoms with van der Waals surface area (Å²) in [5.74, 6) is 0.00495. The first-order chi connectivity index (χ1) is 8.18. The van der Waals surface area contributed by atoms with E-state index in [2.05, 4.69) is 25.9 Å². The van der Waals surface area contributed by atoms with Gasteiger partial charge in [0, 0.05) is 12.1 Å². The summed E-state index contributed by atoms with van der Waals surface area (Å²) < 4.78 is 0.447. The normalized spacial score (nSPS) is 17.7. The molecule has 92 valence electrons. The van der Waals surface area contributed by atoms with Gasteiger partial charge < -0.3 is 5.11 Å². The summed E-state index contributed by atoms with van der Waals surface area (Å²) in [6.45, 7) is 0. The van der Waals surface area contributed by atoms with Crippen LogP contribution in [0, 0.1) is 0 Å². The number of rotatable bonds is 2. The van der Waals surface area contributed by atoms with Crippen LogP contribution < -0.4 is 0 Å². The molecule has 0 radical (unpaired) electrons. The standard InChI is InChI=1S/C12H15BrN2O2/c13-9-7-14-11(15-10(9)12(16)17)8-5-3-1-2-4-6-8/h7-8H,1-6H2,(H,16,17). The van der Waals surface area contributed by atoms with E-state index in [1.54, 1.807) is 6.20 Å². The van der Waals surface area contributed by atoms with Crippen LogP contribution in [0.4, 0.5) is 0 Å². The van der Waals surface area contributed by atoms with Crippen molar-refractivity contribution in [2.24, 2.45) is 0 Å². The van der Waals surface area contributed by atoms with Crippen LogP contribution in [0.2, 0.25) is 0 Å². The predicted octanol–water partition coefficient (Wildman–Crippen LogP) is 3.38. The van der Waals surface area contributed by atoms with Crippen molar-refractivity contribution in [3.8, 4) is 0 Å². The van der Waals surface area contributed by atoms with Gasteiger partial charge in [0.1, 0.15) is 5.82 Å². The molecule has 17 heavy (non-hydrogen) atoms. The zero-order valence-corrected chi connectivity index (χ0v) is 11.1. The molecule has 0 spiro atoms. The van der Waals surface area contributed by atoms with Crippen LogP contribution in [-0.4, -0.2) is 21.0 Å². The van der Waals surface area contributed by atoms with Crippen molar-refractivity contribution in [3.63, 3.8) is 0 Å².